The second kappa shape index (κ2) is 11.4. The fraction of sp³-hybridized carbons (Fsp3) is 0.345. The van der Waals surface area contributed by atoms with Crippen molar-refractivity contribution in [3.8, 4) is 5.75 Å². The van der Waals surface area contributed by atoms with Crippen molar-refractivity contribution in [1.29, 1.82) is 0 Å². The van der Waals surface area contributed by atoms with Gasteiger partial charge in [0.1, 0.15) is 22.8 Å². The average molecular weight is 688 g/mol. The SMILES string of the molecule is Cc1c(O)c(N2CCCN(C3CC3)C2=O)cc2c1CN(C(=O)c1c(Sc3c(Cl)cc(F)cc3Cl)cc(C(F)(F)Cl)[nH]c1=O)C2. The Morgan fingerprint density at radius 3 is 2.41 bits per heavy atom. The number of nitrogens with zero attached hydrogens (tertiary/aromatic N) is 3. The molecule has 6 rings (SSSR count). The third kappa shape index (κ3) is 5.61. The highest BCUT2D eigenvalue weighted by atomic mass is 35.5. The first kappa shape index (κ1) is 30.9. The Morgan fingerprint density at radius 2 is 1.77 bits per heavy atom. The molecule has 0 unspecified atom stereocenters. The fourth-order valence-electron chi connectivity index (χ4n) is 5.62. The standard InChI is InChI=1S/C29H24Cl3F3N4O4S/c1-13-17-12-37(11-14(17)7-20(24(13)40)39-6-2-5-38(28(39)43)16-3-4-16)27(42)23-21(10-22(29(32,34)35)36-26(23)41)44-25-18(30)8-15(33)9-19(25)31/h7-10,16,40H,2-6,11-12H2,1H3,(H,36,41). The molecule has 3 heterocycles. The second-order valence-corrected chi connectivity index (χ2v) is 13.3. The van der Waals surface area contributed by atoms with Crippen molar-refractivity contribution in [3.63, 3.8) is 0 Å². The van der Waals surface area contributed by atoms with Crippen molar-refractivity contribution in [2.45, 2.75) is 60.5 Å². The third-order valence-electron chi connectivity index (χ3n) is 7.97. The average Bonchev–Trinajstić information content (AvgIpc) is 3.70. The van der Waals surface area contributed by atoms with Gasteiger partial charge in [0.25, 0.3) is 11.5 Å². The van der Waals surface area contributed by atoms with Crippen LogP contribution in [0.1, 0.15) is 52.0 Å². The number of hydrogen-bond acceptors (Lipinski definition) is 5. The molecule has 0 radical (unpaired) electrons. The summed E-state index contributed by atoms with van der Waals surface area (Å²) in [6, 6.07) is 4.49. The Morgan fingerprint density at radius 1 is 1.09 bits per heavy atom. The number of H-pyrrole nitrogens is 1. The fourth-order valence-corrected chi connectivity index (χ4v) is 7.40. The van der Waals surface area contributed by atoms with E-state index in [9.17, 15) is 32.7 Å². The van der Waals surface area contributed by atoms with Crippen molar-refractivity contribution >= 4 is 64.2 Å². The minimum Gasteiger partial charge on any atom is -0.505 e. The normalized spacial score (nSPS) is 17.0. The predicted molar refractivity (Wildman–Crippen MR) is 161 cm³/mol. The molecule has 2 aromatic carbocycles. The first-order valence-electron chi connectivity index (χ1n) is 13.6. The summed E-state index contributed by atoms with van der Waals surface area (Å²) in [5.74, 6) is -1.61. The minimum absolute atomic E-state index is 0.00497. The van der Waals surface area contributed by atoms with Crippen LogP contribution in [0.4, 0.5) is 23.7 Å². The number of benzene rings is 2. The minimum atomic E-state index is -3.97. The van der Waals surface area contributed by atoms with Gasteiger partial charge in [-0.25, -0.2) is 9.18 Å². The third-order valence-corrected chi connectivity index (χ3v) is 10.2. The molecule has 44 heavy (non-hydrogen) atoms. The maximum atomic E-state index is 14.1. The number of aromatic nitrogens is 1. The lowest BCUT2D eigenvalue weighted by atomic mass is 10.0. The number of hydrogen-bond donors (Lipinski definition) is 2. The van der Waals surface area contributed by atoms with E-state index in [-0.39, 0.29) is 50.7 Å². The molecule has 0 atom stereocenters. The highest BCUT2D eigenvalue weighted by Crippen LogP contribution is 2.44. The van der Waals surface area contributed by atoms with E-state index in [1.807, 2.05) is 9.88 Å². The maximum Gasteiger partial charge on any atom is 0.362 e. The lowest BCUT2D eigenvalue weighted by molar-refractivity contribution is 0.0740. The summed E-state index contributed by atoms with van der Waals surface area (Å²) >= 11 is 18.2. The first-order valence-corrected chi connectivity index (χ1v) is 15.6. The monoisotopic (exact) mass is 686 g/mol. The van der Waals surface area contributed by atoms with E-state index in [1.54, 1.807) is 17.9 Å². The number of pyridine rings is 1. The zero-order valence-electron chi connectivity index (χ0n) is 23.0. The summed E-state index contributed by atoms with van der Waals surface area (Å²) in [6.45, 7) is 2.79. The van der Waals surface area contributed by atoms with Gasteiger partial charge in [-0.2, -0.15) is 8.78 Å². The maximum absolute atomic E-state index is 14.1. The number of aromatic amines is 1. The zero-order valence-corrected chi connectivity index (χ0v) is 26.1. The van der Waals surface area contributed by atoms with Gasteiger partial charge in [0, 0.05) is 42.0 Å². The molecule has 1 aliphatic carbocycles. The van der Waals surface area contributed by atoms with Crippen LogP contribution in [0.2, 0.25) is 10.0 Å². The molecule has 0 bridgehead atoms. The molecule has 3 aliphatic rings. The Kier molecular flexibility index (Phi) is 8.01. The van der Waals surface area contributed by atoms with Crippen LogP contribution in [0.15, 0.2) is 38.9 Å². The molecule has 232 valence electrons. The number of carbonyl (C=O) groups is 2. The highest BCUT2D eigenvalue weighted by Gasteiger charge is 2.40. The van der Waals surface area contributed by atoms with Crippen LogP contribution in [0.5, 0.6) is 5.75 Å². The number of nitrogens with one attached hydrogen (secondary N) is 1. The van der Waals surface area contributed by atoms with Crippen LogP contribution in [0.25, 0.3) is 0 Å². The van der Waals surface area contributed by atoms with Gasteiger partial charge in [-0.05, 0) is 78.7 Å². The largest absolute Gasteiger partial charge is 0.505 e. The Balaban J connectivity index is 1.35. The number of amides is 3. The van der Waals surface area contributed by atoms with E-state index < -0.39 is 33.9 Å². The number of phenolic OH excluding ortho intramolecular Hbond substituents is 1. The summed E-state index contributed by atoms with van der Waals surface area (Å²) in [5, 5.41) is 6.86. The van der Waals surface area contributed by atoms with Gasteiger partial charge in [0.05, 0.1) is 15.7 Å². The Hall–Kier alpha value is -3.06. The summed E-state index contributed by atoms with van der Waals surface area (Å²) in [4.78, 5) is 46.8. The number of anilines is 1. The van der Waals surface area contributed by atoms with E-state index in [1.165, 1.54) is 4.90 Å². The van der Waals surface area contributed by atoms with Crippen LogP contribution in [0.3, 0.4) is 0 Å². The van der Waals surface area contributed by atoms with Crippen molar-refractivity contribution in [2.24, 2.45) is 0 Å². The topological polar surface area (TPSA) is 96.9 Å². The summed E-state index contributed by atoms with van der Waals surface area (Å²) in [5.41, 5.74) is -0.429. The van der Waals surface area contributed by atoms with Gasteiger partial charge < -0.3 is 19.9 Å². The predicted octanol–water partition coefficient (Wildman–Crippen LogP) is 7.22. The van der Waals surface area contributed by atoms with Gasteiger partial charge in [0.2, 0.25) is 0 Å². The molecular weight excluding hydrogens is 664 g/mol. The van der Waals surface area contributed by atoms with Crippen LogP contribution in [-0.4, -0.2) is 51.0 Å². The molecule has 3 aromatic rings. The summed E-state index contributed by atoms with van der Waals surface area (Å²) in [6.07, 6.45) is 2.65. The van der Waals surface area contributed by atoms with Crippen LogP contribution in [-0.2, 0) is 18.5 Å². The number of urea groups is 1. The molecule has 2 fully saturated rings. The number of alkyl halides is 3. The van der Waals surface area contributed by atoms with Crippen molar-refractivity contribution in [1.82, 2.24) is 14.8 Å². The van der Waals surface area contributed by atoms with E-state index in [2.05, 4.69) is 0 Å². The lowest BCUT2D eigenvalue weighted by Gasteiger charge is -2.36. The molecule has 2 N–H and O–H groups in total. The van der Waals surface area contributed by atoms with Crippen LogP contribution in [0, 0.1) is 12.7 Å². The van der Waals surface area contributed by atoms with Crippen LogP contribution < -0.4 is 10.5 Å². The first-order chi connectivity index (χ1) is 20.7. The second-order valence-electron chi connectivity index (χ2n) is 10.9. The number of rotatable bonds is 6. The number of aromatic hydroxyl groups is 1. The molecule has 1 saturated carbocycles. The van der Waals surface area contributed by atoms with Crippen molar-refractivity contribution in [2.75, 3.05) is 18.0 Å². The number of phenols is 1. The molecule has 1 aromatic heterocycles. The van der Waals surface area contributed by atoms with Gasteiger partial charge in [-0.15, -0.1) is 0 Å². The van der Waals surface area contributed by atoms with Crippen LogP contribution >= 0.6 is 46.6 Å². The van der Waals surface area contributed by atoms with Gasteiger partial charge in [-0.1, -0.05) is 35.0 Å². The summed E-state index contributed by atoms with van der Waals surface area (Å²) in [7, 11) is 0. The molecule has 2 aliphatic heterocycles. The van der Waals surface area contributed by atoms with E-state index >= 15 is 0 Å². The molecule has 15 heteroatoms. The number of fused-ring (bicyclic) bond motifs is 1. The number of carbonyl (C=O) groups excluding carboxylic acids is 2. The van der Waals surface area contributed by atoms with E-state index in [0.717, 1.165) is 37.5 Å². The quantitative estimate of drug-likeness (QED) is 0.267. The van der Waals surface area contributed by atoms with E-state index in [4.69, 9.17) is 34.8 Å². The Labute approximate surface area is 268 Å². The number of halogens is 6. The Bertz CT molecular complexity index is 1760. The van der Waals surface area contributed by atoms with Gasteiger partial charge >= 0.3 is 11.4 Å². The zero-order chi connectivity index (χ0) is 31.7. The van der Waals surface area contributed by atoms with Crippen molar-refractivity contribution < 1.29 is 27.9 Å². The molecule has 8 nitrogen and oxygen atoms in total. The molecule has 0 spiro atoms. The van der Waals surface area contributed by atoms with Gasteiger partial charge in [-0.3, -0.25) is 14.5 Å². The molecular formula is C29H24Cl3F3N4O4S. The molecule has 1 saturated heterocycles. The lowest BCUT2D eigenvalue weighted by Crippen LogP contribution is -2.50. The molecule has 3 amide bonds. The summed E-state index contributed by atoms with van der Waals surface area (Å²) < 4.78 is 42.0. The smallest absolute Gasteiger partial charge is 0.362 e. The highest BCUT2D eigenvalue weighted by molar-refractivity contribution is 7.99. The van der Waals surface area contributed by atoms with Crippen molar-refractivity contribution in [3.05, 3.63) is 78.4 Å². The van der Waals surface area contributed by atoms with Gasteiger partial charge in [0.15, 0.2) is 0 Å². The van der Waals surface area contributed by atoms with E-state index in [0.29, 0.717) is 47.2 Å².